The molecule has 0 spiro atoms. The van der Waals surface area contributed by atoms with Crippen LogP contribution < -0.4 is 10.2 Å². The van der Waals surface area contributed by atoms with E-state index in [1.807, 2.05) is 61.5 Å². The van der Waals surface area contributed by atoms with Crippen LogP contribution in [0.25, 0.3) is 0 Å². The first-order valence-electron chi connectivity index (χ1n) is 10.1. The summed E-state index contributed by atoms with van der Waals surface area (Å²) < 4.78 is 0. The highest BCUT2D eigenvalue weighted by atomic mass is 16.2. The number of carbonyl (C=O) groups excluding carboxylic acids is 2. The van der Waals surface area contributed by atoms with E-state index in [4.69, 9.17) is 0 Å². The topological polar surface area (TPSA) is 91.0 Å². The van der Waals surface area contributed by atoms with Crippen LogP contribution in [0, 0.1) is 5.92 Å². The van der Waals surface area contributed by atoms with E-state index in [1.54, 1.807) is 11.9 Å². The summed E-state index contributed by atoms with van der Waals surface area (Å²) in [6, 6.07) is 17.0. The molecule has 1 aromatic heterocycles. The molecular weight excluding hydrogens is 378 g/mol. The lowest BCUT2D eigenvalue weighted by Crippen LogP contribution is -2.50. The molecular formula is C23H25N5O2. The molecule has 0 radical (unpaired) electrons. The molecule has 0 unspecified atom stereocenters. The first-order chi connectivity index (χ1) is 14.5. The second-order valence-corrected chi connectivity index (χ2v) is 7.84. The van der Waals surface area contributed by atoms with Gasteiger partial charge in [-0.25, -0.2) is 0 Å². The lowest BCUT2D eigenvalue weighted by molar-refractivity contribution is -0.121. The first kappa shape index (κ1) is 19.8. The number of para-hydroxylation sites is 1. The molecule has 3 atom stereocenters. The minimum atomic E-state index is -0.660. The van der Waals surface area contributed by atoms with Crippen molar-refractivity contribution < 1.29 is 9.59 Å². The van der Waals surface area contributed by atoms with E-state index in [-0.39, 0.29) is 23.6 Å². The quantitative estimate of drug-likeness (QED) is 0.701. The maximum Gasteiger partial charge on any atom is 0.289 e. The van der Waals surface area contributed by atoms with Crippen molar-refractivity contribution in [2.75, 3.05) is 11.9 Å². The van der Waals surface area contributed by atoms with E-state index in [0.717, 1.165) is 16.8 Å². The van der Waals surface area contributed by atoms with Crippen LogP contribution in [0.2, 0.25) is 0 Å². The van der Waals surface area contributed by atoms with Crippen LogP contribution in [0.5, 0.6) is 0 Å². The van der Waals surface area contributed by atoms with E-state index in [9.17, 15) is 9.59 Å². The molecule has 1 aliphatic rings. The number of hydrogen-bond donors (Lipinski definition) is 2. The van der Waals surface area contributed by atoms with E-state index in [0.29, 0.717) is 12.2 Å². The van der Waals surface area contributed by atoms with Crippen molar-refractivity contribution in [3.05, 3.63) is 77.4 Å². The van der Waals surface area contributed by atoms with E-state index >= 15 is 0 Å². The Balaban J connectivity index is 1.52. The molecule has 2 amide bonds. The minimum Gasteiger partial charge on any atom is -0.337 e. The van der Waals surface area contributed by atoms with Crippen molar-refractivity contribution >= 4 is 17.5 Å². The largest absolute Gasteiger partial charge is 0.337 e. The van der Waals surface area contributed by atoms with Gasteiger partial charge in [0.15, 0.2) is 0 Å². The van der Waals surface area contributed by atoms with Crippen molar-refractivity contribution in [3.8, 4) is 0 Å². The summed E-state index contributed by atoms with van der Waals surface area (Å²) in [5, 5.41) is 11.0. The molecule has 7 nitrogen and oxygen atoms in total. The fourth-order valence-electron chi connectivity index (χ4n) is 3.97. The highest BCUT2D eigenvalue weighted by Crippen LogP contribution is 2.37. The molecule has 1 aliphatic heterocycles. The Hall–Kier alpha value is -3.48. The molecule has 30 heavy (non-hydrogen) atoms. The van der Waals surface area contributed by atoms with Gasteiger partial charge in [0.2, 0.25) is 11.7 Å². The zero-order valence-electron chi connectivity index (χ0n) is 17.3. The Bertz CT molecular complexity index is 1060. The highest BCUT2D eigenvalue weighted by molar-refractivity contribution is 6.02. The molecule has 0 fully saturated rings. The maximum absolute atomic E-state index is 13.1. The van der Waals surface area contributed by atoms with Gasteiger partial charge in [-0.3, -0.25) is 9.59 Å². The maximum atomic E-state index is 13.1. The number of anilines is 1. The third kappa shape index (κ3) is 3.70. The highest BCUT2D eigenvalue weighted by Gasteiger charge is 2.38. The molecule has 0 aliphatic carbocycles. The monoisotopic (exact) mass is 403 g/mol. The summed E-state index contributed by atoms with van der Waals surface area (Å²) >= 11 is 0. The van der Waals surface area contributed by atoms with Crippen molar-refractivity contribution in [2.24, 2.45) is 5.92 Å². The van der Waals surface area contributed by atoms with Crippen molar-refractivity contribution in [2.45, 2.75) is 32.2 Å². The van der Waals surface area contributed by atoms with Crippen LogP contribution in [-0.4, -0.2) is 40.1 Å². The van der Waals surface area contributed by atoms with Crippen LogP contribution >= 0.6 is 0 Å². The number of carbonyl (C=O) groups is 2. The summed E-state index contributed by atoms with van der Waals surface area (Å²) in [7, 11) is 1.75. The number of nitrogens with one attached hydrogen (secondary N) is 2. The molecule has 2 aromatic carbocycles. The molecule has 4 rings (SSSR count). The second kappa shape index (κ2) is 8.10. The van der Waals surface area contributed by atoms with Gasteiger partial charge in [-0.15, -0.1) is 10.2 Å². The fraction of sp³-hybridized carbons (Fsp3) is 0.304. The molecule has 3 aromatic rings. The zero-order chi connectivity index (χ0) is 21.3. The molecule has 7 heteroatoms. The number of fused-ring (bicyclic) bond motifs is 1. The standard InChI is InChI=1S/C23H25N5O2/c1-14-15(2)20(23(30)28(3)18-12-8-7-11-17(14)18)25-22(29)21-24-19(26-27-21)13-16-9-5-4-6-10-16/h4-12,14-15,20H,13H2,1-3H3,(H,25,29)(H,24,26,27)/t14-,15+,20+/m0/s1. The summed E-state index contributed by atoms with van der Waals surface area (Å²) in [6.45, 7) is 4.08. The van der Waals surface area contributed by atoms with Gasteiger partial charge in [0, 0.05) is 19.2 Å². The number of likely N-dealkylation sites (N-methyl/N-ethyl adjacent to an activating group) is 1. The first-order valence-corrected chi connectivity index (χ1v) is 10.1. The van der Waals surface area contributed by atoms with Crippen LogP contribution in [0.1, 0.15) is 47.3 Å². The van der Waals surface area contributed by atoms with E-state index in [1.165, 1.54) is 0 Å². The SMILES string of the molecule is C[C@@H]1[C@H](C)c2ccccc2N(C)C(=O)[C@@H]1NC(=O)c1nnc(Cc2ccccc2)[nH]1. The van der Waals surface area contributed by atoms with Gasteiger partial charge in [0.1, 0.15) is 11.9 Å². The Labute approximate surface area is 175 Å². The predicted molar refractivity (Wildman–Crippen MR) is 114 cm³/mol. The van der Waals surface area contributed by atoms with Gasteiger partial charge >= 0.3 is 0 Å². The van der Waals surface area contributed by atoms with E-state index < -0.39 is 11.9 Å². The number of hydrogen-bond acceptors (Lipinski definition) is 4. The average molecular weight is 403 g/mol. The Morgan fingerprint density at radius 2 is 1.77 bits per heavy atom. The van der Waals surface area contributed by atoms with Gasteiger partial charge in [-0.2, -0.15) is 0 Å². The Morgan fingerprint density at radius 3 is 2.53 bits per heavy atom. The number of rotatable bonds is 4. The van der Waals surface area contributed by atoms with E-state index in [2.05, 4.69) is 27.4 Å². The van der Waals surface area contributed by atoms with Crippen LogP contribution in [0.3, 0.4) is 0 Å². The Morgan fingerprint density at radius 1 is 1.07 bits per heavy atom. The fourth-order valence-corrected chi connectivity index (χ4v) is 3.97. The van der Waals surface area contributed by atoms with Crippen LogP contribution in [0.15, 0.2) is 54.6 Å². The number of aromatic amines is 1. The van der Waals surface area contributed by atoms with Crippen molar-refractivity contribution in [1.29, 1.82) is 0 Å². The normalized spacial score (nSPS) is 21.1. The summed E-state index contributed by atoms with van der Waals surface area (Å²) in [4.78, 5) is 30.6. The molecule has 0 bridgehead atoms. The minimum absolute atomic E-state index is 0.0840. The summed E-state index contributed by atoms with van der Waals surface area (Å²) in [5.41, 5.74) is 3.05. The van der Waals surface area contributed by atoms with Crippen LogP contribution in [0.4, 0.5) is 5.69 Å². The zero-order valence-corrected chi connectivity index (χ0v) is 17.3. The number of benzene rings is 2. The number of aromatic nitrogens is 3. The second-order valence-electron chi connectivity index (χ2n) is 7.84. The molecule has 2 heterocycles. The number of amides is 2. The smallest absolute Gasteiger partial charge is 0.289 e. The Kier molecular flexibility index (Phi) is 5.35. The predicted octanol–water partition coefficient (Wildman–Crippen LogP) is 2.91. The van der Waals surface area contributed by atoms with Crippen LogP contribution in [-0.2, 0) is 11.2 Å². The third-order valence-corrected chi connectivity index (χ3v) is 5.95. The third-order valence-electron chi connectivity index (χ3n) is 5.95. The lowest BCUT2D eigenvalue weighted by Gasteiger charge is -2.26. The number of nitrogens with zero attached hydrogens (tertiary/aromatic N) is 3. The lowest BCUT2D eigenvalue weighted by atomic mass is 9.84. The van der Waals surface area contributed by atoms with Crippen molar-refractivity contribution in [1.82, 2.24) is 20.5 Å². The average Bonchev–Trinajstić information content (AvgIpc) is 3.22. The van der Waals surface area contributed by atoms with Gasteiger partial charge in [0.25, 0.3) is 5.91 Å². The van der Waals surface area contributed by atoms with Gasteiger partial charge in [-0.1, -0.05) is 62.4 Å². The van der Waals surface area contributed by atoms with Gasteiger partial charge in [0.05, 0.1) is 0 Å². The summed E-state index contributed by atoms with van der Waals surface area (Å²) in [5.74, 6) is 0.153. The molecule has 0 saturated carbocycles. The van der Waals surface area contributed by atoms with Gasteiger partial charge < -0.3 is 15.2 Å². The molecule has 0 saturated heterocycles. The molecule has 154 valence electrons. The molecule has 2 N–H and O–H groups in total. The van der Waals surface area contributed by atoms with Gasteiger partial charge in [-0.05, 0) is 29.0 Å². The van der Waals surface area contributed by atoms with Crippen molar-refractivity contribution in [3.63, 3.8) is 0 Å². The number of H-pyrrole nitrogens is 1. The summed E-state index contributed by atoms with van der Waals surface area (Å²) in [6.07, 6.45) is 0.551.